The zero-order valence-electron chi connectivity index (χ0n) is 11.6. The molecular weight excluding hydrogens is 306 g/mol. The van der Waals surface area contributed by atoms with Crippen LogP contribution in [0.1, 0.15) is 36.7 Å². The van der Waals surface area contributed by atoms with E-state index in [0.717, 1.165) is 18.8 Å². The Hall–Kier alpha value is -0.350. The van der Waals surface area contributed by atoms with Crippen molar-refractivity contribution in [2.75, 3.05) is 12.4 Å². The SMILES string of the molecule is Cc1cc2c(s1)CCN1Cc3cc(CCCl)sc3CC21. The van der Waals surface area contributed by atoms with E-state index in [1.165, 1.54) is 29.1 Å². The van der Waals surface area contributed by atoms with Crippen molar-refractivity contribution in [3.05, 3.63) is 42.8 Å². The summed E-state index contributed by atoms with van der Waals surface area (Å²) < 4.78 is 0. The minimum Gasteiger partial charge on any atom is -0.291 e. The minimum absolute atomic E-state index is 0.624. The summed E-state index contributed by atoms with van der Waals surface area (Å²) in [7, 11) is 0. The number of hydrogen-bond acceptors (Lipinski definition) is 3. The lowest BCUT2D eigenvalue weighted by Gasteiger charge is -2.39. The fourth-order valence-corrected chi connectivity index (χ4v) is 6.14. The van der Waals surface area contributed by atoms with Gasteiger partial charge in [-0.15, -0.1) is 34.3 Å². The predicted molar refractivity (Wildman–Crippen MR) is 88.4 cm³/mol. The molecule has 0 bridgehead atoms. The van der Waals surface area contributed by atoms with Gasteiger partial charge in [-0.3, -0.25) is 4.90 Å². The molecule has 2 aliphatic rings. The van der Waals surface area contributed by atoms with E-state index in [2.05, 4.69) is 24.0 Å². The molecule has 4 heteroatoms. The second-order valence-corrected chi connectivity index (χ2v) is 8.72. The molecule has 106 valence electrons. The van der Waals surface area contributed by atoms with Gasteiger partial charge in [-0.2, -0.15) is 0 Å². The quantitative estimate of drug-likeness (QED) is 0.733. The van der Waals surface area contributed by atoms with E-state index in [1.54, 1.807) is 20.9 Å². The van der Waals surface area contributed by atoms with Crippen LogP contribution in [0.15, 0.2) is 12.1 Å². The van der Waals surface area contributed by atoms with Crippen molar-refractivity contribution in [1.29, 1.82) is 0 Å². The second-order valence-electron chi connectivity index (χ2n) is 5.78. The number of rotatable bonds is 2. The standard InChI is InChI=1S/C16H18ClNS2/c1-10-6-13-14-8-16-11(7-12(20-16)2-4-17)9-18(14)5-3-15(13)19-10/h6-7,14H,2-5,8-9H2,1H3. The summed E-state index contributed by atoms with van der Waals surface area (Å²) in [5, 5.41) is 0. The summed E-state index contributed by atoms with van der Waals surface area (Å²) in [4.78, 5) is 8.84. The maximum absolute atomic E-state index is 5.89. The lowest BCUT2D eigenvalue weighted by molar-refractivity contribution is 0.164. The smallest absolute Gasteiger partial charge is 0.0411 e. The fourth-order valence-electron chi connectivity index (χ4n) is 3.53. The Balaban J connectivity index is 1.68. The second kappa shape index (κ2) is 5.13. The molecule has 1 unspecified atom stereocenters. The summed E-state index contributed by atoms with van der Waals surface area (Å²) in [5.74, 6) is 0.737. The van der Waals surface area contributed by atoms with Gasteiger partial charge in [0.2, 0.25) is 0 Å². The average Bonchev–Trinajstić information content (AvgIpc) is 2.98. The third kappa shape index (κ3) is 2.16. The van der Waals surface area contributed by atoms with Gasteiger partial charge in [0.25, 0.3) is 0 Å². The molecule has 2 aliphatic heterocycles. The van der Waals surface area contributed by atoms with E-state index < -0.39 is 0 Å². The maximum Gasteiger partial charge on any atom is 0.0411 e. The highest BCUT2D eigenvalue weighted by Gasteiger charge is 2.33. The molecule has 0 N–H and O–H groups in total. The Morgan fingerprint density at radius 1 is 1.30 bits per heavy atom. The van der Waals surface area contributed by atoms with Gasteiger partial charge >= 0.3 is 0 Å². The topological polar surface area (TPSA) is 3.24 Å². The zero-order valence-corrected chi connectivity index (χ0v) is 14.0. The van der Waals surface area contributed by atoms with Crippen molar-refractivity contribution >= 4 is 34.3 Å². The van der Waals surface area contributed by atoms with Crippen LogP contribution in [0.5, 0.6) is 0 Å². The normalized spacial score (nSPS) is 21.4. The van der Waals surface area contributed by atoms with Crippen LogP contribution in [-0.2, 0) is 25.8 Å². The van der Waals surface area contributed by atoms with Crippen molar-refractivity contribution in [1.82, 2.24) is 4.90 Å². The lowest BCUT2D eigenvalue weighted by atomic mass is 9.91. The third-order valence-electron chi connectivity index (χ3n) is 4.43. The molecule has 4 heterocycles. The molecular formula is C16H18ClNS2. The Labute approximate surface area is 133 Å². The Kier molecular flexibility index (Phi) is 3.42. The van der Waals surface area contributed by atoms with Gasteiger partial charge in [0, 0.05) is 50.9 Å². The Morgan fingerprint density at radius 3 is 3.05 bits per heavy atom. The van der Waals surface area contributed by atoms with Crippen LogP contribution in [0.2, 0.25) is 0 Å². The summed E-state index contributed by atoms with van der Waals surface area (Å²) in [6.07, 6.45) is 3.45. The summed E-state index contributed by atoms with van der Waals surface area (Å²) in [6.45, 7) is 4.59. The summed E-state index contributed by atoms with van der Waals surface area (Å²) >= 11 is 9.88. The molecule has 4 rings (SSSR count). The molecule has 2 aromatic heterocycles. The van der Waals surface area contributed by atoms with Gasteiger partial charge < -0.3 is 0 Å². The molecule has 0 fully saturated rings. The molecule has 2 aromatic rings. The van der Waals surface area contributed by atoms with Crippen molar-refractivity contribution < 1.29 is 0 Å². The van der Waals surface area contributed by atoms with Crippen LogP contribution in [0.3, 0.4) is 0 Å². The highest BCUT2D eigenvalue weighted by molar-refractivity contribution is 7.12. The summed E-state index contributed by atoms with van der Waals surface area (Å²) in [6, 6.07) is 5.45. The lowest BCUT2D eigenvalue weighted by Crippen LogP contribution is -2.38. The highest BCUT2D eigenvalue weighted by Crippen LogP contribution is 2.43. The summed E-state index contributed by atoms with van der Waals surface area (Å²) in [5.41, 5.74) is 3.17. The van der Waals surface area contributed by atoms with Gasteiger partial charge in [-0.1, -0.05) is 0 Å². The van der Waals surface area contributed by atoms with E-state index >= 15 is 0 Å². The van der Waals surface area contributed by atoms with Crippen molar-refractivity contribution in [3.8, 4) is 0 Å². The van der Waals surface area contributed by atoms with Gasteiger partial charge in [0.15, 0.2) is 0 Å². The Morgan fingerprint density at radius 2 is 2.20 bits per heavy atom. The first-order valence-electron chi connectivity index (χ1n) is 7.24. The average molecular weight is 324 g/mol. The first-order chi connectivity index (χ1) is 9.74. The predicted octanol–water partition coefficient (Wildman–Crippen LogP) is 4.55. The number of nitrogens with zero attached hydrogens (tertiary/aromatic N) is 1. The molecule has 0 aliphatic carbocycles. The molecule has 0 aromatic carbocycles. The number of fused-ring (bicyclic) bond motifs is 4. The number of halogens is 1. The number of aryl methyl sites for hydroxylation is 2. The van der Waals surface area contributed by atoms with Crippen molar-refractivity contribution in [2.45, 2.75) is 38.8 Å². The van der Waals surface area contributed by atoms with Crippen LogP contribution in [0.25, 0.3) is 0 Å². The molecule has 0 saturated carbocycles. The number of hydrogen-bond donors (Lipinski definition) is 0. The van der Waals surface area contributed by atoms with E-state index in [1.807, 2.05) is 22.7 Å². The molecule has 1 atom stereocenters. The Bertz CT molecular complexity index is 643. The minimum atomic E-state index is 0.624. The van der Waals surface area contributed by atoms with Gasteiger partial charge in [0.05, 0.1) is 0 Å². The third-order valence-corrected chi connectivity index (χ3v) is 7.01. The molecule has 0 radical (unpaired) electrons. The maximum atomic E-state index is 5.89. The molecule has 0 amide bonds. The first-order valence-corrected chi connectivity index (χ1v) is 9.41. The molecule has 20 heavy (non-hydrogen) atoms. The van der Waals surface area contributed by atoms with E-state index in [0.29, 0.717) is 6.04 Å². The highest BCUT2D eigenvalue weighted by atomic mass is 35.5. The van der Waals surface area contributed by atoms with E-state index in [4.69, 9.17) is 11.6 Å². The number of thiophene rings is 2. The van der Waals surface area contributed by atoms with Crippen LogP contribution in [0.4, 0.5) is 0 Å². The molecule has 1 nitrogen and oxygen atoms in total. The van der Waals surface area contributed by atoms with Crippen LogP contribution in [-0.4, -0.2) is 17.3 Å². The monoisotopic (exact) mass is 323 g/mol. The van der Waals surface area contributed by atoms with E-state index in [9.17, 15) is 0 Å². The van der Waals surface area contributed by atoms with E-state index in [-0.39, 0.29) is 0 Å². The number of alkyl halides is 1. The van der Waals surface area contributed by atoms with Crippen molar-refractivity contribution in [2.24, 2.45) is 0 Å². The van der Waals surface area contributed by atoms with Crippen LogP contribution < -0.4 is 0 Å². The van der Waals surface area contributed by atoms with Crippen molar-refractivity contribution in [3.63, 3.8) is 0 Å². The molecule has 0 spiro atoms. The zero-order chi connectivity index (χ0) is 13.7. The fraction of sp³-hybridized carbons (Fsp3) is 0.500. The largest absolute Gasteiger partial charge is 0.291 e. The first kappa shape index (κ1) is 13.3. The van der Waals surface area contributed by atoms with Crippen LogP contribution >= 0.6 is 34.3 Å². The van der Waals surface area contributed by atoms with Gasteiger partial charge in [0.1, 0.15) is 0 Å². The van der Waals surface area contributed by atoms with Gasteiger partial charge in [-0.25, -0.2) is 0 Å². The van der Waals surface area contributed by atoms with Crippen LogP contribution in [0, 0.1) is 6.92 Å². The molecule has 0 saturated heterocycles. The van der Waals surface area contributed by atoms with Gasteiger partial charge in [-0.05, 0) is 43.0 Å².